The van der Waals surface area contributed by atoms with E-state index < -0.39 is 12.2 Å². The lowest BCUT2D eigenvalue weighted by Crippen LogP contribution is -2.18. The Hall–Kier alpha value is -3.28. The van der Waals surface area contributed by atoms with Crippen LogP contribution in [0.1, 0.15) is 85.5 Å². The van der Waals surface area contributed by atoms with Gasteiger partial charge >= 0.3 is 0 Å². The molecule has 4 aromatic carbocycles. The third-order valence-electron chi connectivity index (χ3n) is 7.53. The van der Waals surface area contributed by atoms with Crippen LogP contribution in [0.4, 0.5) is 0 Å². The minimum atomic E-state index is -0.635. The molecule has 0 amide bonds. The lowest BCUT2D eigenvalue weighted by molar-refractivity contribution is -0.105. The van der Waals surface area contributed by atoms with E-state index in [-0.39, 0.29) is 23.4 Å². The van der Waals surface area contributed by atoms with E-state index >= 15 is 0 Å². The lowest BCUT2D eigenvalue weighted by Gasteiger charge is -2.23. The second-order valence-electron chi connectivity index (χ2n) is 11.0. The van der Waals surface area contributed by atoms with Gasteiger partial charge in [-0.1, -0.05) is 109 Å². The maximum absolute atomic E-state index is 10.6. The number of fused-ring (bicyclic) bond motifs is 2. The van der Waals surface area contributed by atoms with E-state index in [0.717, 1.165) is 33.4 Å². The third kappa shape index (κ3) is 5.05. The van der Waals surface area contributed by atoms with Crippen LogP contribution < -0.4 is 0 Å². The van der Waals surface area contributed by atoms with Crippen molar-refractivity contribution in [2.75, 3.05) is 0 Å². The molecule has 0 saturated heterocycles. The predicted octanol–water partition coefficient (Wildman–Crippen LogP) is 7.45. The topological polar surface area (TPSA) is 58.9 Å². The van der Waals surface area contributed by atoms with Gasteiger partial charge in [-0.05, 0) is 61.1 Å². The summed E-state index contributed by atoms with van der Waals surface area (Å²) in [4.78, 5) is 0. The van der Waals surface area contributed by atoms with Crippen LogP contribution in [0.25, 0.3) is 0 Å². The van der Waals surface area contributed by atoms with Crippen LogP contribution >= 0.6 is 0 Å². The summed E-state index contributed by atoms with van der Waals surface area (Å²) in [6, 6.07) is 35.6. The molecule has 2 aliphatic rings. The molecule has 6 rings (SSSR count). The predicted molar refractivity (Wildman–Crippen MR) is 149 cm³/mol. The minimum absolute atomic E-state index is 0.298. The lowest BCUT2D eigenvalue weighted by atomic mass is 9.92. The Morgan fingerprint density at radius 3 is 1.18 bits per heavy atom. The first-order valence-electron chi connectivity index (χ1n) is 13.2. The van der Waals surface area contributed by atoms with Gasteiger partial charge < -0.3 is 19.7 Å². The van der Waals surface area contributed by atoms with Crippen LogP contribution in [0, 0.1) is 0 Å². The van der Waals surface area contributed by atoms with Crippen LogP contribution in [0.3, 0.4) is 0 Å². The zero-order valence-electron chi connectivity index (χ0n) is 22.4. The highest BCUT2D eigenvalue weighted by molar-refractivity contribution is 5.40. The normalized spacial score (nSPS) is 21.9. The van der Waals surface area contributed by atoms with E-state index in [9.17, 15) is 10.2 Å². The number of hydrogen-bond donors (Lipinski definition) is 2. The van der Waals surface area contributed by atoms with Crippen molar-refractivity contribution in [2.45, 2.75) is 63.3 Å². The van der Waals surface area contributed by atoms with Crippen molar-refractivity contribution >= 4 is 0 Å². The van der Waals surface area contributed by atoms with Gasteiger partial charge in [0.15, 0.2) is 0 Å². The molecule has 0 bridgehead atoms. The van der Waals surface area contributed by atoms with Gasteiger partial charge in [-0.3, -0.25) is 0 Å². The van der Waals surface area contributed by atoms with Gasteiger partial charge in [-0.25, -0.2) is 0 Å². The molecule has 4 atom stereocenters. The summed E-state index contributed by atoms with van der Waals surface area (Å²) in [5.41, 5.74) is 5.58. The molecule has 0 aromatic heterocycles. The average molecular weight is 509 g/mol. The van der Waals surface area contributed by atoms with Gasteiger partial charge in [0, 0.05) is 0 Å². The second kappa shape index (κ2) is 10.5. The van der Waals surface area contributed by atoms with Gasteiger partial charge in [0.2, 0.25) is 0 Å². The molecule has 0 saturated carbocycles. The smallest absolute Gasteiger partial charge is 0.114 e. The number of benzene rings is 4. The highest BCUT2D eigenvalue weighted by Gasteiger charge is 2.42. The SMILES string of the molecule is CC1(C)O[C@@H]([C@@H](O)c2ccccc2)c2ccccc21.CC1(C)O[C@H]([C@H](O)c2ccccc2)c2ccccc21. The van der Waals surface area contributed by atoms with Crippen molar-refractivity contribution in [3.05, 3.63) is 143 Å². The molecule has 4 heteroatoms. The van der Waals surface area contributed by atoms with E-state index in [1.807, 2.05) is 125 Å². The molecule has 0 unspecified atom stereocenters. The summed E-state index contributed by atoms with van der Waals surface area (Å²) in [6.07, 6.45) is -1.87. The molecular formula is C34H36O4. The van der Waals surface area contributed by atoms with Crippen molar-refractivity contribution < 1.29 is 19.7 Å². The number of hydrogen-bond acceptors (Lipinski definition) is 4. The van der Waals surface area contributed by atoms with Gasteiger partial charge in [-0.2, -0.15) is 0 Å². The molecule has 4 aromatic rings. The van der Waals surface area contributed by atoms with E-state index in [1.165, 1.54) is 0 Å². The van der Waals surface area contributed by atoms with Crippen LogP contribution in [-0.4, -0.2) is 10.2 Å². The van der Waals surface area contributed by atoms with E-state index in [0.29, 0.717) is 0 Å². The average Bonchev–Trinajstić information content (AvgIpc) is 3.39. The van der Waals surface area contributed by atoms with E-state index in [4.69, 9.17) is 9.47 Å². The summed E-state index contributed by atoms with van der Waals surface area (Å²) in [7, 11) is 0. The Morgan fingerprint density at radius 1 is 0.500 bits per heavy atom. The number of rotatable bonds is 4. The largest absolute Gasteiger partial charge is 0.385 e. The van der Waals surface area contributed by atoms with Crippen molar-refractivity contribution in [1.29, 1.82) is 0 Å². The maximum Gasteiger partial charge on any atom is 0.114 e. The molecule has 0 radical (unpaired) electrons. The number of ether oxygens (including phenoxy) is 2. The highest BCUT2D eigenvalue weighted by Crippen LogP contribution is 2.49. The third-order valence-corrected chi connectivity index (χ3v) is 7.53. The molecule has 4 nitrogen and oxygen atoms in total. The van der Waals surface area contributed by atoms with Crippen molar-refractivity contribution in [3.63, 3.8) is 0 Å². The summed E-state index contributed by atoms with van der Waals surface area (Å²) in [6.45, 7) is 8.18. The summed E-state index contributed by atoms with van der Waals surface area (Å²) < 4.78 is 12.2. The molecule has 2 N–H and O–H groups in total. The standard InChI is InChI=1S/2C17H18O2/c2*1-17(2)14-11-7-6-10-13(14)16(19-17)15(18)12-8-4-3-5-9-12/h2*3-11,15-16,18H,1-2H3/t2*15-,16+/m10/s1. The first-order chi connectivity index (χ1) is 18.2. The van der Waals surface area contributed by atoms with E-state index in [2.05, 4.69) is 12.1 Å². The molecule has 2 heterocycles. The Balaban J connectivity index is 0.000000155. The van der Waals surface area contributed by atoms with Crippen molar-refractivity contribution in [1.82, 2.24) is 0 Å². The van der Waals surface area contributed by atoms with E-state index in [1.54, 1.807) is 0 Å². The van der Waals surface area contributed by atoms with Crippen molar-refractivity contribution in [2.24, 2.45) is 0 Å². The number of aliphatic hydroxyl groups excluding tert-OH is 2. The fourth-order valence-electron chi connectivity index (χ4n) is 5.59. The first-order valence-corrected chi connectivity index (χ1v) is 13.2. The quantitative estimate of drug-likeness (QED) is 0.300. The zero-order valence-corrected chi connectivity index (χ0v) is 22.4. The molecule has 0 fully saturated rings. The highest BCUT2D eigenvalue weighted by atomic mass is 16.5. The fourth-order valence-corrected chi connectivity index (χ4v) is 5.59. The van der Waals surface area contributed by atoms with Gasteiger partial charge in [0.1, 0.15) is 24.4 Å². The summed E-state index contributed by atoms with van der Waals surface area (Å²) in [5, 5.41) is 21.1. The Kier molecular flexibility index (Phi) is 7.26. The van der Waals surface area contributed by atoms with Crippen LogP contribution in [-0.2, 0) is 20.7 Å². The number of aliphatic hydroxyl groups is 2. The minimum Gasteiger partial charge on any atom is -0.385 e. The second-order valence-corrected chi connectivity index (χ2v) is 11.0. The molecule has 0 spiro atoms. The molecular weight excluding hydrogens is 472 g/mol. The summed E-state index contributed by atoms with van der Waals surface area (Å²) >= 11 is 0. The van der Waals surface area contributed by atoms with Gasteiger partial charge in [0.05, 0.1) is 11.2 Å². The van der Waals surface area contributed by atoms with Crippen LogP contribution in [0.2, 0.25) is 0 Å². The van der Waals surface area contributed by atoms with Gasteiger partial charge in [-0.15, -0.1) is 0 Å². The molecule has 38 heavy (non-hydrogen) atoms. The Labute approximate surface area is 225 Å². The Bertz CT molecular complexity index is 1260. The molecule has 2 aliphatic heterocycles. The van der Waals surface area contributed by atoms with Crippen LogP contribution in [0.15, 0.2) is 109 Å². The van der Waals surface area contributed by atoms with Gasteiger partial charge in [0.25, 0.3) is 0 Å². The maximum atomic E-state index is 10.6. The fraction of sp³-hybridized carbons (Fsp3) is 0.294. The monoisotopic (exact) mass is 508 g/mol. The van der Waals surface area contributed by atoms with Crippen molar-refractivity contribution in [3.8, 4) is 0 Å². The van der Waals surface area contributed by atoms with Crippen LogP contribution in [0.5, 0.6) is 0 Å². The zero-order chi connectivity index (χ0) is 26.9. The first kappa shape index (κ1) is 26.3. The molecule has 196 valence electrons. The Morgan fingerprint density at radius 2 is 0.816 bits per heavy atom. The summed E-state index contributed by atoms with van der Waals surface area (Å²) in [5.74, 6) is 0. The molecule has 0 aliphatic carbocycles.